The third kappa shape index (κ3) is 2.98. The van der Waals surface area contributed by atoms with E-state index in [0.717, 1.165) is 16.7 Å². The van der Waals surface area contributed by atoms with Crippen molar-refractivity contribution in [2.45, 2.75) is 26.7 Å². The summed E-state index contributed by atoms with van der Waals surface area (Å²) in [5.74, 6) is -1.25. The van der Waals surface area contributed by atoms with Crippen LogP contribution in [0.4, 0.5) is 0 Å². The Morgan fingerprint density at radius 1 is 1.04 bits per heavy atom. The summed E-state index contributed by atoms with van der Waals surface area (Å²) in [6.07, 6.45) is 0.351. The summed E-state index contributed by atoms with van der Waals surface area (Å²) in [5, 5.41) is 0. The summed E-state index contributed by atoms with van der Waals surface area (Å²) in [7, 11) is 5.05. The van der Waals surface area contributed by atoms with Crippen LogP contribution in [-0.4, -0.2) is 49.7 Å². The molecule has 1 atom stereocenters. The summed E-state index contributed by atoms with van der Waals surface area (Å²) in [6, 6.07) is 0. The number of hydrogen-bond acceptors (Lipinski definition) is 6. The number of nitrogens with zero attached hydrogens (tertiary/aromatic N) is 1. The standard InChI is InChI=1S/C16H22NO5P/c1-9-7-17(23)8-13(18)10(2)12-6-16(5-11(9)12,14(19)21-3)15(20)22-4/h5-8,23H2,1-4H3. The fourth-order valence-corrected chi connectivity index (χ4v) is 3.78. The van der Waals surface area contributed by atoms with E-state index >= 15 is 0 Å². The molecule has 6 nitrogen and oxygen atoms in total. The molecule has 1 fully saturated rings. The van der Waals surface area contributed by atoms with Gasteiger partial charge in [0.15, 0.2) is 11.2 Å². The van der Waals surface area contributed by atoms with Gasteiger partial charge in [-0.05, 0) is 37.0 Å². The smallest absolute Gasteiger partial charge is 0.323 e. The van der Waals surface area contributed by atoms with Crippen molar-refractivity contribution >= 4 is 27.1 Å². The molecule has 2 aliphatic rings. The highest BCUT2D eigenvalue weighted by Gasteiger charge is 2.55. The van der Waals surface area contributed by atoms with Crippen LogP contribution in [0.25, 0.3) is 0 Å². The molecule has 0 bridgehead atoms. The average Bonchev–Trinajstić information content (AvgIpc) is 2.93. The van der Waals surface area contributed by atoms with E-state index in [1.165, 1.54) is 14.2 Å². The van der Waals surface area contributed by atoms with Crippen LogP contribution in [0.15, 0.2) is 22.3 Å². The summed E-state index contributed by atoms with van der Waals surface area (Å²) in [6.45, 7) is 4.58. The van der Waals surface area contributed by atoms with E-state index in [1.54, 1.807) is 6.92 Å². The van der Waals surface area contributed by atoms with Crippen LogP contribution >= 0.6 is 9.39 Å². The van der Waals surface area contributed by atoms with Crippen LogP contribution < -0.4 is 0 Å². The van der Waals surface area contributed by atoms with E-state index in [-0.39, 0.29) is 25.2 Å². The summed E-state index contributed by atoms with van der Waals surface area (Å²) < 4.78 is 11.6. The molecule has 1 aliphatic heterocycles. The van der Waals surface area contributed by atoms with Crippen molar-refractivity contribution < 1.29 is 23.9 Å². The molecule has 0 spiro atoms. The van der Waals surface area contributed by atoms with Crippen molar-refractivity contribution in [3.63, 3.8) is 0 Å². The summed E-state index contributed by atoms with van der Waals surface area (Å²) >= 11 is 0. The van der Waals surface area contributed by atoms with E-state index in [9.17, 15) is 14.4 Å². The molecule has 7 heteroatoms. The van der Waals surface area contributed by atoms with Gasteiger partial charge in [-0.15, -0.1) is 0 Å². The molecular weight excluding hydrogens is 317 g/mol. The molecule has 0 radical (unpaired) electrons. The lowest BCUT2D eigenvalue weighted by molar-refractivity contribution is -0.168. The summed E-state index contributed by atoms with van der Waals surface area (Å²) in [4.78, 5) is 37.0. The molecule has 0 aromatic rings. The Morgan fingerprint density at radius 3 is 2.09 bits per heavy atom. The number of esters is 2. The summed E-state index contributed by atoms with van der Waals surface area (Å²) in [5.41, 5.74) is 1.91. The number of methoxy groups -OCH3 is 2. The van der Waals surface area contributed by atoms with Gasteiger partial charge in [0.05, 0.1) is 20.8 Å². The zero-order valence-corrected chi connectivity index (χ0v) is 15.0. The maximum atomic E-state index is 12.3. The Balaban J connectivity index is 2.63. The molecule has 0 amide bonds. The monoisotopic (exact) mass is 339 g/mol. The zero-order valence-electron chi connectivity index (χ0n) is 13.9. The van der Waals surface area contributed by atoms with Gasteiger partial charge in [-0.25, -0.2) is 0 Å². The van der Waals surface area contributed by atoms with Gasteiger partial charge in [0.1, 0.15) is 0 Å². The molecule has 23 heavy (non-hydrogen) atoms. The van der Waals surface area contributed by atoms with Gasteiger partial charge in [0.2, 0.25) is 0 Å². The molecule has 1 unspecified atom stereocenters. The number of allylic oxidation sites excluding steroid dienone is 2. The minimum absolute atomic E-state index is 0.00877. The fraction of sp³-hybridized carbons (Fsp3) is 0.562. The SMILES string of the molecule is COC(=O)C1(C(=O)OC)CC2=C(C)CN(P)CC(=O)C(C)=C2C1. The molecule has 126 valence electrons. The van der Waals surface area contributed by atoms with Gasteiger partial charge in [-0.1, -0.05) is 15.0 Å². The van der Waals surface area contributed by atoms with Gasteiger partial charge >= 0.3 is 11.9 Å². The van der Waals surface area contributed by atoms with Gasteiger partial charge < -0.3 is 9.47 Å². The first-order valence-electron chi connectivity index (χ1n) is 7.35. The molecule has 0 saturated heterocycles. The molecule has 1 heterocycles. The first-order chi connectivity index (χ1) is 10.8. The Hall–Kier alpha value is -1.52. The topological polar surface area (TPSA) is 72.9 Å². The zero-order chi connectivity index (χ0) is 17.4. The van der Waals surface area contributed by atoms with Crippen molar-refractivity contribution in [3.8, 4) is 0 Å². The van der Waals surface area contributed by atoms with Crippen molar-refractivity contribution in [1.82, 2.24) is 4.67 Å². The van der Waals surface area contributed by atoms with E-state index in [4.69, 9.17) is 9.47 Å². The number of ketones is 1. The van der Waals surface area contributed by atoms with E-state index in [0.29, 0.717) is 12.1 Å². The maximum absolute atomic E-state index is 12.3. The van der Waals surface area contributed by atoms with Crippen LogP contribution in [0.2, 0.25) is 0 Å². The molecule has 1 saturated carbocycles. The lowest BCUT2D eigenvalue weighted by atomic mass is 9.85. The molecule has 1 aliphatic carbocycles. The highest BCUT2D eigenvalue weighted by atomic mass is 31.0. The lowest BCUT2D eigenvalue weighted by Gasteiger charge is -2.22. The van der Waals surface area contributed by atoms with Crippen LogP contribution in [0, 0.1) is 5.41 Å². The Labute approximate surface area is 138 Å². The van der Waals surface area contributed by atoms with Crippen molar-refractivity contribution in [3.05, 3.63) is 22.3 Å². The van der Waals surface area contributed by atoms with Crippen molar-refractivity contribution in [2.75, 3.05) is 27.3 Å². The molecule has 0 aromatic heterocycles. The first kappa shape index (κ1) is 17.8. The van der Waals surface area contributed by atoms with Crippen molar-refractivity contribution in [1.29, 1.82) is 0 Å². The van der Waals surface area contributed by atoms with Crippen LogP contribution in [0.3, 0.4) is 0 Å². The minimum Gasteiger partial charge on any atom is -0.468 e. The highest BCUT2D eigenvalue weighted by Crippen LogP contribution is 2.49. The van der Waals surface area contributed by atoms with Gasteiger partial charge in [-0.2, -0.15) is 0 Å². The van der Waals surface area contributed by atoms with E-state index < -0.39 is 17.4 Å². The lowest BCUT2D eigenvalue weighted by Crippen LogP contribution is -2.38. The largest absolute Gasteiger partial charge is 0.468 e. The molecule has 2 rings (SSSR count). The third-order valence-corrected chi connectivity index (χ3v) is 5.01. The number of hydrogen-bond donors (Lipinski definition) is 0. The van der Waals surface area contributed by atoms with Gasteiger partial charge in [0, 0.05) is 13.0 Å². The number of fused-ring (bicyclic) bond motifs is 1. The number of rotatable bonds is 2. The molecule has 0 N–H and O–H groups in total. The predicted octanol–water partition coefficient (Wildman–Crippen LogP) is 1.42. The average molecular weight is 339 g/mol. The second kappa shape index (κ2) is 6.54. The molecule has 0 aromatic carbocycles. The van der Waals surface area contributed by atoms with Gasteiger partial charge in [-0.3, -0.25) is 19.1 Å². The van der Waals surface area contributed by atoms with E-state index in [2.05, 4.69) is 9.39 Å². The van der Waals surface area contributed by atoms with Crippen LogP contribution in [-0.2, 0) is 23.9 Å². The number of carbonyl (C=O) groups excluding carboxylic acids is 3. The second-order valence-electron chi connectivity index (χ2n) is 6.11. The molecular formula is C16H22NO5P. The predicted molar refractivity (Wildman–Crippen MR) is 87.4 cm³/mol. The van der Waals surface area contributed by atoms with E-state index in [1.807, 2.05) is 11.6 Å². The van der Waals surface area contributed by atoms with Gasteiger partial charge in [0.25, 0.3) is 0 Å². The third-order valence-electron chi connectivity index (χ3n) is 4.65. The number of Topliss-reactive ketones (excluding diaryl/α,β-unsaturated/α-hetero) is 1. The van der Waals surface area contributed by atoms with Crippen LogP contribution in [0.5, 0.6) is 0 Å². The number of ether oxygens (including phenoxy) is 2. The Morgan fingerprint density at radius 2 is 1.57 bits per heavy atom. The fourth-order valence-electron chi connectivity index (χ4n) is 3.34. The highest BCUT2D eigenvalue weighted by molar-refractivity contribution is 7.13. The quantitative estimate of drug-likeness (QED) is 0.430. The Kier molecular flexibility index (Phi) is 5.07. The second-order valence-corrected chi connectivity index (χ2v) is 6.84. The Bertz CT molecular complexity index is 618. The van der Waals surface area contributed by atoms with Crippen molar-refractivity contribution in [2.24, 2.45) is 5.41 Å². The minimum atomic E-state index is -1.40. The number of carbonyl (C=O) groups is 3. The normalized spacial score (nSPS) is 21.7. The first-order valence-corrected chi connectivity index (χ1v) is 7.87. The maximum Gasteiger partial charge on any atom is 0.323 e. The van der Waals surface area contributed by atoms with Crippen LogP contribution in [0.1, 0.15) is 26.7 Å².